The number of nitrogens with zero attached hydrogens (tertiary/aromatic N) is 2. The highest BCUT2D eigenvalue weighted by atomic mass is 32.2. The molecular weight excluding hydrogens is 376 g/mol. The van der Waals surface area contributed by atoms with Crippen molar-refractivity contribution in [2.45, 2.75) is 10.9 Å². The zero-order valence-electron chi connectivity index (χ0n) is 15.1. The summed E-state index contributed by atoms with van der Waals surface area (Å²) in [5.41, 5.74) is 8.87. The summed E-state index contributed by atoms with van der Waals surface area (Å²) in [6, 6.07) is 16.3. The van der Waals surface area contributed by atoms with Crippen LogP contribution in [0, 0.1) is 0 Å². The summed E-state index contributed by atoms with van der Waals surface area (Å²) in [5, 5.41) is 0. The van der Waals surface area contributed by atoms with Gasteiger partial charge in [0, 0.05) is 11.3 Å². The van der Waals surface area contributed by atoms with Crippen LogP contribution < -0.4 is 10.6 Å². The van der Waals surface area contributed by atoms with Gasteiger partial charge in [0.05, 0.1) is 42.1 Å². The number of quaternary nitrogens is 1. The van der Waals surface area contributed by atoms with Gasteiger partial charge in [-0.2, -0.15) is 0 Å². The van der Waals surface area contributed by atoms with Crippen LogP contribution in [-0.2, 0) is 11.3 Å². The number of hydrogen-bond donors (Lipinski definition) is 2. The first-order valence-electron chi connectivity index (χ1n) is 9.11. The molecule has 2 aromatic carbocycles. The van der Waals surface area contributed by atoms with Crippen LogP contribution in [0.3, 0.4) is 0 Å². The molecule has 27 heavy (non-hydrogen) atoms. The van der Waals surface area contributed by atoms with Crippen molar-refractivity contribution in [3.8, 4) is 0 Å². The number of anilines is 1. The number of nitrogens with two attached hydrogens (primary N) is 1. The molecule has 4 rings (SSSR count). The van der Waals surface area contributed by atoms with E-state index in [0.717, 1.165) is 53.0 Å². The number of nitrogens with one attached hydrogen (secondary N) is 1. The average molecular weight is 400 g/mol. The van der Waals surface area contributed by atoms with E-state index in [1.165, 1.54) is 17.3 Å². The van der Waals surface area contributed by atoms with Crippen LogP contribution in [0.2, 0.25) is 0 Å². The molecule has 0 radical (unpaired) electrons. The van der Waals surface area contributed by atoms with E-state index < -0.39 is 0 Å². The Bertz CT molecular complexity index is 920. The molecular formula is C20H23N4OS2+. The van der Waals surface area contributed by atoms with Crippen molar-refractivity contribution in [2.24, 2.45) is 0 Å². The van der Waals surface area contributed by atoms with Gasteiger partial charge >= 0.3 is 0 Å². The molecule has 1 saturated heterocycles. The van der Waals surface area contributed by atoms with Gasteiger partial charge < -0.3 is 15.5 Å². The van der Waals surface area contributed by atoms with E-state index in [0.29, 0.717) is 5.75 Å². The standard InChI is InChI=1S/C20H22N4OS2/c21-16-6-7-17-18(12-16)27-20(22-17)26-14-19(25)24-10-8-23(9-11-24)13-15-4-2-1-3-5-15/h1-7,12H,8-11,13-14,21H2/p+1. The minimum Gasteiger partial charge on any atom is -0.399 e. The third-order valence-corrected chi connectivity index (χ3v) is 6.98. The number of thioether (sulfide) groups is 1. The monoisotopic (exact) mass is 399 g/mol. The molecule has 5 nitrogen and oxygen atoms in total. The Balaban J connectivity index is 1.26. The number of fused-ring (bicyclic) bond motifs is 1. The van der Waals surface area contributed by atoms with Gasteiger partial charge in [-0.25, -0.2) is 4.98 Å². The molecule has 3 aromatic rings. The van der Waals surface area contributed by atoms with Crippen molar-refractivity contribution < 1.29 is 9.69 Å². The molecule has 1 fully saturated rings. The van der Waals surface area contributed by atoms with Crippen molar-refractivity contribution >= 4 is 44.9 Å². The second-order valence-electron chi connectivity index (χ2n) is 6.79. The van der Waals surface area contributed by atoms with Crippen LogP contribution in [-0.4, -0.2) is 47.7 Å². The van der Waals surface area contributed by atoms with E-state index in [1.807, 2.05) is 29.2 Å². The van der Waals surface area contributed by atoms with E-state index in [1.54, 1.807) is 16.2 Å². The van der Waals surface area contributed by atoms with Crippen molar-refractivity contribution in [1.29, 1.82) is 0 Å². The fourth-order valence-corrected chi connectivity index (χ4v) is 5.35. The topological polar surface area (TPSA) is 63.7 Å². The lowest BCUT2D eigenvalue weighted by Crippen LogP contribution is -3.13. The molecule has 1 aliphatic rings. The Morgan fingerprint density at radius 3 is 2.74 bits per heavy atom. The molecule has 1 aliphatic heterocycles. The van der Waals surface area contributed by atoms with Gasteiger partial charge in [-0.15, -0.1) is 11.3 Å². The van der Waals surface area contributed by atoms with E-state index in [9.17, 15) is 4.79 Å². The molecule has 0 bridgehead atoms. The Hall–Kier alpha value is -2.09. The third-order valence-electron chi connectivity index (χ3n) is 4.83. The predicted octanol–water partition coefficient (Wildman–Crippen LogP) is 1.90. The highest BCUT2D eigenvalue weighted by Crippen LogP contribution is 2.30. The maximum atomic E-state index is 12.6. The highest BCUT2D eigenvalue weighted by Gasteiger charge is 2.24. The lowest BCUT2D eigenvalue weighted by Gasteiger charge is -2.32. The van der Waals surface area contributed by atoms with E-state index in [2.05, 4.69) is 29.2 Å². The highest BCUT2D eigenvalue weighted by molar-refractivity contribution is 8.01. The number of thiazole rings is 1. The van der Waals surface area contributed by atoms with Crippen molar-refractivity contribution in [3.63, 3.8) is 0 Å². The first-order valence-corrected chi connectivity index (χ1v) is 10.9. The number of carbonyl (C=O) groups is 1. The van der Waals surface area contributed by atoms with Crippen LogP contribution in [0.25, 0.3) is 10.2 Å². The van der Waals surface area contributed by atoms with Crippen molar-refractivity contribution in [3.05, 3.63) is 54.1 Å². The minimum atomic E-state index is 0.206. The second kappa shape index (κ2) is 8.29. The summed E-state index contributed by atoms with van der Waals surface area (Å²) >= 11 is 3.12. The minimum absolute atomic E-state index is 0.206. The van der Waals surface area contributed by atoms with Crippen molar-refractivity contribution in [1.82, 2.24) is 9.88 Å². The molecule has 3 N–H and O–H groups in total. The predicted molar refractivity (Wildman–Crippen MR) is 112 cm³/mol. The summed E-state index contributed by atoms with van der Waals surface area (Å²) < 4.78 is 2.00. The van der Waals surface area contributed by atoms with Gasteiger partial charge in [0.15, 0.2) is 4.34 Å². The smallest absolute Gasteiger partial charge is 0.233 e. The lowest BCUT2D eigenvalue weighted by molar-refractivity contribution is -0.917. The SMILES string of the molecule is Nc1ccc2nc(SCC(=O)N3CC[NH+](Cc4ccccc4)CC3)sc2c1. The average Bonchev–Trinajstić information content (AvgIpc) is 3.09. The summed E-state index contributed by atoms with van der Waals surface area (Å²) in [6.45, 7) is 4.71. The third kappa shape index (κ3) is 4.61. The number of benzene rings is 2. The number of aromatic nitrogens is 1. The lowest BCUT2D eigenvalue weighted by atomic mass is 10.2. The molecule has 1 amide bonds. The quantitative estimate of drug-likeness (QED) is 0.508. The zero-order valence-corrected chi connectivity index (χ0v) is 16.7. The van der Waals surface area contributed by atoms with Gasteiger partial charge in [-0.05, 0) is 18.2 Å². The molecule has 0 spiro atoms. The van der Waals surface area contributed by atoms with E-state index in [4.69, 9.17) is 5.73 Å². The maximum Gasteiger partial charge on any atom is 0.233 e. The number of nitrogen functional groups attached to an aromatic ring is 1. The van der Waals surface area contributed by atoms with Crippen LogP contribution in [0.1, 0.15) is 5.56 Å². The van der Waals surface area contributed by atoms with Gasteiger partial charge in [0.1, 0.15) is 6.54 Å². The van der Waals surface area contributed by atoms with E-state index >= 15 is 0 Å². The number of amides is 1. The Morgan fingerprint density at radius 2 is 1.96 bits per heavy atom. The van der Waals surface area contributed by atoms with Gasteiger partial charge in [-0.3, -0.25) is 4.79 Å². The van der Waals surface area contributed by atoms with Gasteiger partial charge in [-0.1, -0.05) is 42.1 Å². The molecule has 1 aromatic heterocycles. The number of rotatable bonds is 5. The summed E-state index contributed by atoms with van der Waals surface area (Å²) in [7, 11) is 0. The zero-order chi connectivity index (χ0) is 18.6. The molecule has 7 heteroatoms. The summed E-state index contributed by atoms with van der Waals surface area (Å²) in [6.07, 6.45) is 0. The fourth-order valence-electron chi connectivity index (χ4n) is 3.33. The fraction of sp³-hybridized carbons (Fsp3) is 0.300. The largest absolute Gasteiger partial charge is 0.399 e. The number of hydrogen-bond acceptors (Lipinski definition) is 5. The van der Waals surface area contributed by atoms with Gasteiger partial charge in [0.25, 0.3) is 0 Å². The number of piperazine rings is 1. The maximum absolute atomic E-state index is 12.6. The van der Waals surface area contributed by atoms with Crippen LogP contribution in [0.4, 0.5) is 5.69 Å². The molecule has 0 atom stereocenters. The molecule has 2 heterocycles. The normalized spacial score (nSPS) is 15.3. The van der Waals surface area contributed by atoms with Crippen LogP contribution >= 0.6 is 23.1 Å². The first kappa shape index (κ1) is 18.3. The molecule has 0 aliphatic carbocycles. The summed E-state index contributed by atoms with van der Waals surface area (Å²) in [5.74, 6) is 0.654. The number of carbonyl (C=O) groups excluding carboxylic acids is 1. The van der Waals surface area contributed by atoms with Crippen LogP contribution in [0.15, 0.2) is 52.9 Å². The van der Waals surface area contributed by atoms with Gasteiger partial charge in [0.2, 0.25) is 5.91 Å². The second-order valence-corrected chi connectivity index (χ2v) is 9.04. The first-order chi connectivity index (χ1) is 13.2. The molecule has 0 unspecified atom stereocenters. The Labute approximate surface area is 167 Å². The Kier molecular flexibility index (Phi) is 5.61. The van der Waals surface area contributed by atoms with Crippen LogP contribution in [0.5, 0.6) is 0 Å². The molecule has 0 saturated carbocycles. The Morgan fingerprint density at radius 1 is 1.19 bits per heavy atom. The van der Waals surface area contributed by atoms with Crippen molar-refractivity contribution in [2.75, 3.05) is 37.7 Å². The summed E-state index contributed by atoms with van der Waals surface area (Å²) in [4.78, 5) is 20.7. The molecule has 140 valence electrons. The van der Waals surface area contributed by atoms with E-state index in [-0.39, 0.29) is 5.91 Å².